The first-order valence-corrected chi connectivity index (χ1v) is 19.2. The van der Waals surface area contributed by atoms with Gasteiger partial charge in [0.05, 0.1) is 16.7 Å². The van der Waals surface area contributed by atoms with Crippen LogP contribution in [0.2, 0.25) is 0 Å². The van der Waals surface area contributed by atoms with Gasteiger partial charge in [-0.3, -0.25) is 29.0 Å². The van der Waals surface area contributed by atoms with Crippen molar-refractivity contribution in [2.45, 2.75) is 117 Å². The van der Waals surface area contributed by atoms with Gasteiger partial charge in [-0.15, -0.1) is 0 Å². The third-order valence-corrected chi connectivity index (χ3v) is 12.0. The number of hydrogen-bond acceptors (Lipinski definition) is 9. The van der Waals surface area contributed by atoms with Crippen LogP contribution in [0.4, 0.5) is 5.82 Å². The molecular formula is C41H56N6O6. The van der Waals surface area contributed by atoms with Crippen LogP contribution < -0.4 is 20.3 Å². The van der Waals surface area contributed by atoms with E-state index < -0.39 is 23.8 Å². The van der Waals surface area contributed by atoms with E-state index in [-0.39, 0.29) is 52.9 Å². The van der Waals surface area contributed by atoms with E-state index in [4.69, 9.17) is 4.74 Å². The minimum absolute atomic E-state index is 0.00140. The number of benzene rings is 1. The highest BCUT2D eigenvalue weighted by Crippen LogP contribution is 2.53. The van der Waals surface area contributed by atoms with Crippen molar-refractivity contribution in [3.8, 4) is 5.75 Å². The number of pyridine rings is 1. The highest BCUT2D eigenvalue weighted by molar-refractivity contribution is 6.23. The van der Waals surface area contributed by atoms with E-state index >= 15 is 0 Å². The maximum absolute atomic E-state index is 13.3. The van der Waals surface area contributed by atoms with Crippen LogP contribution >= 0.6 is 0 Å². The summed E-state index contributed by atoms with van der Waals surface area (Å²) in [5.74, 6) is 0.379. The minimum atomic E-state index is -1.05. The van der Waals surface area contributed by atoms with Crippen LogP contribution in [-0.4, -0.2) is 102 Å². The van der Waals surface area contributed by atoms with Crippen molar-refractivity contribution in [3.63, 3.8) is 0 Å². The Hall–Kier alpha value is -4.32. The molecule has 6 rings (SSSR count). The quantitative estimate of drug-likeness (QED) is 0.206. The number of nitrogens with one attached hydrogen (secondary N) is 2. The number of aromatic nitrogens is 1. The van der Waals surface area contributed by atoms with E-state index in [1.807, 2.05) is 12.1 Å². The number of rotatable bonds is 14. The third-order valence-electron chi connectivity index (χ3n) is 12.0. The summed E-state index contributed by atoms with van der Waals surface area (Å²) in [6, 6.07) is 8.65. The number of nitrogens with zero attached hydrogens (tertiary/aromatic N) is 4. The second kappa shape index (κ2) is 15.2. The van der Waals surface area contributed by atoms with Crippen LogP contribution in [-0.2, 0) is 9.59 Å². The molecule has 286 valence electrons. The predicted molar refractivity (Wildman–Crippen MR) is 202 cm³/mol. The molecule has 1 aromatic carbocycles. The molecule has 3 heterocycles. The zero-order valence-electron chi connectivity index (χ0n) is 32.3. The van der Waals surface area contributed by atoms with Crippen LogP contribution in [0.25, 0.3) is 0 Å². The lowest BCUT2D eigenvalue weighted by Crippen LogP contribution is -2.63. The lowest BCUT2D eigenvalue weighted by molar-refractivity contribution is -0.124. The molecule has 12 nitrogen and oxygen atoms in total. The fourth-order valence-corrected chi connectivity index (χ4v) is 9.50. The van der Waals surface area contributed by atoms with Gasteiger partial charge in [-0.25, -0.2) is 4.98 Å². The topological polar surface area (TPSA) is 141 Å². The van der Waals surface area contributed by atoms with Gasteiger partial charge in [-0.05, 0) is 86.6 Å². The van der Waals surface area contributed by atoms with Crippen molar-refractivity contribution < 1.29 is 28.7 Å². The molecule has 4 aliphatic rings. The van der Waals surface area contributed by atoms with Crippen LogP contribution in [0.1, 0.15) is 118 Å². The lowest BCUT2D eigenvalue weighted by atomic mass is 9.52. The first kappa shape index (κ1) is 38.4. The van der Waals surface area contributed by atoms with Gasteiger partial charge in [0.1, 0.15) is 30.0 Å². The molecule has 1 atom stereocenters. The molecule has 2 aromatic rings. The second-order valence-electron chi connectivity index (χ2n) is 17.1. The Balaban J connectivity index is 0.978. The maximum Gasteiger partial charge on any atom is 0.262 e. The monoisotopic (exact) mass is 728 g/mol. The largest absolute Gasteiger partial charge is 0.490 e. The van der Waals surface area contributed by atoms with Gasteiger partial charge in [0.15, 0.2) is 0 Å². The molecule has 1 aromatic heterocycles. The highest BCUT2D eigenvalue weighted by atomic mass is 16.5. The summed E-state index contributed by atoms with van der Waals surface area (Å²) in [5, 5.41) is 5.75. The number of likely N-dealkylation sites (N-methyl/N-ethyl adjacent to an activating group) is 1. The number of piperidine rings is 1. The number of carbonyl (C=O) groups excluding carboxylic acids is 5. The van der Waals surface area contributed by atoms with Crippen molar-refractivity contribution in [2.24, 2.45) is 16.7 Å². The van der Waals surface area contributed by atoms with Crippen LogP contribution in [0.3, 0.4) is 0 Å². The van der Waals surface area contributed by atoms with Crippen molar-refractivity contribution in [2.75, 3.05) is 31.6 Å². The van der Waals surface area contributed by atoms with Gasteiger partial charge in [0, 0.05) is 70.3 Å². The molecule has 1 saturated heterocycles. The Morgan fingerprint density at radius 2 is 1.70 bits per heavy atom. The van der Waals surface area contributed by atoms with Gasteiger partial charge < -0.3 is 25.1 Å². The Morgan fingerprint density at radius 1 is 1.02 bits per heavy atom. The SMILES string of the molecule is CNC(=O)C(CCC=O)N1C(=O)c2ccc(OC3CC(N(CC4CCN(c5ccc(C(=O)NC6C(C)(C)CC6(C)C)cn5)CC4)C(C)C)C3)cc2C1=O. The van der Waals surface area contributed by atoms with Crippen molar-refractivity contribution in [1.82, 2.24) is 25.4 Å². The van der Waals surface area contributed by atoms with Gasteiger partial charge in [0.25, 0.3) is 17.7 Å². The van der Waals surface area contributed by atoms with Gasteiger partial charge in [-0.1, -0.05) is 27.7 Å². The van der Waals surface area contributed by atoms with Gasteiger partial charge in [0.2, 0.25) is 5.91 Å². The van der Waals surface area contributed by atoms with E-state index in [1.54, 1.807) is 24.4 Å². The minimum Gasteiger partial charge on any atom is -0.490 e. The molecule has 2 saturated carbocycles. The average molecular weight is 729 g/mol. The van der Waals surface area contributed by atoms with Crippen LogP contribution in [0.5, 0.6) is 5.75 Å². The van der Waals surface area contributed by atoms with Crippen molar-refractivity contribution >= 4 is 35.7 Å². The fraction of sp³-hybridized carbons (Fsp3) is 0.610. The zero-order valence-corrected chi connectivity index (χ0v) is 32.3. The summed E-state index contributed by atoms with van der Waals surface area (Å²) in [6.45, 7) is 16.2. The van der Waals surface area contributed by atoms with Gasteiger partial charge >= 0.3 is 0 Å². The molecule has 53 heavy (non-hydrogen) atoms. The summed E-state index contributed by atoms with van der Waals surface area (Å²) in [6.07, 6.45) is 7.48. The molecule has 0 radical (unpaired) electrons. The Bertz CT molecular complexity index is 1700. The van der Waals surface area contributed by atoms with Crippen molar-refractivity contribution in [1.29, 1.82) is 0 Å². The number of carbonyl (C=O) groups is 5. The van der Waals surface area contributed by atoms with E-state index in [0.29, 0.717) is 35.6 Å². The van der Waals surface area contributed by atoms with E-state index in [1.165, 1.54) is 7.05 Å². The first-order valence-electron chi connectivity index (χ1n) is 19.2. The van der Waals surface area contributed by atoms with E-state index in [2.05, 4.69) is 67.0 Å². The Morgan fingerprint density at radius 3 is 2.28 bits per heavy atom. The van der Waals surface area contributed by atoms with E-state index in [0.717, 1.165) is 62.5 Å². The summed E-state index contributed by atoms with van der Waals surface area (Å²) >= 11 is 0. The van der Waals surface area contributed by atoms with Crippen LogP contribution in [0.15, 0.2) is 36.5 Å². The first-order chi connectivity index (χ1) is 25.1. The Kier molecular flexibility index (Phi) is 11.0. The Labute approximate surface area is 313 Å². The number of amides is 4. The summed E-state index contributed by atoms with van der Waals surface area (Å²) < 4.78 is 6.30. The number of ether oxygens (including phenoxy) is 1. The standard InChI is InChI=1S/C41H56N6O6/c1-25(2)46(23-26-14-16-45(17-15-26)34-13-10-27(22-43-34)35(49)44-39-40(3,4)24-41(39,5)6)28-19-30(20-28)53-29-11-12-31-32(21-29)38(52)47(37(31)51)33(9-8-18-48)36(50)42-7/h10-13,18,21-22,25-26,28,30,33,39H,8-9,14-17,19-20,23-24H2,1-7H3,(H,42,50)(H,44,49). The molecule has 4 amide bonds. The summed E-state index contributed by atoms with van der Waals surface area (Å²) in [5.41, 5.74) is 1.24. The molecule has 2 aliphatic carbocycles. The number of imide groups is 1. The summed E-state index contributed by atoms with van der Waals surface area (Å²) in [7, 11) is 1.44. The highest BCUT2D eigenvalue weighted by Gasteiger charge is 2.53. The zero-order chi connectivity index (χ0) is 38.2. The van der Waals surface area contributed by atoms with Crippen molar-refractivity contribution in [3.05, 3.63) is 53.2 Å². The normalized spacial score (nSPS) is 23.0. The average Bonchev–Trinajstić information content (AvgIpc) is 3.35. The van der Waals surface area contributed by atoms with Gasteiger partial charge in [-0.2, -0.15) is 0 Å². The smallest absolute Gasteiger partial charge is 0.262 e. The molecular weight excluding hydrogens is 672 g/mol. The number of anilines is 1. The number of aldehydes is 1. The molecule has 0 spiro atoms. The lowest BCUT2D eigenvalue weighted by Gasteiger charge is -2.57. The third kappa shape index (κ3) is 7.84. The molecule has 2 N–H and O–H groups in total. The van der Waals surface area contributed by atoms with Crippen LogP contribution in [0, 0.1) is 16.7 Å². The molecule has 1 unspecified atom stereocenters. The fourth-order valence-electron chi connectivity index (χ4n) is 9.50. The van der Waals surface area contributed by atoms with E-state index in [9.17, 15) is 24.0 Å². The number of hydrogen-bond donors (Lipinski definition) is 2. The molecule has 3 fully saturated rings. The molecule has 2 aliphatic heterocycles. The maximum atomic E-state index is 13.3. The molecule has 0 bridgehead atoms. The summed E-state index contributed by atoms with van der Waals surface area (Å²) in [4.78, 5) is 73.6. The second-order valence-corrected chi connectivity index (χ2v) is 17.1. The molecule has 12 heteroatoms. The number of fused-ring (bicyclic) bond motifs is 1. The predicted octanol–water partition coefficient (Wildman–Crippen LogP) is 4.86.